The summed E-state index contributed by atoms with van der Waals surface area (Å²) in [5.41, 5.74) is 0. The van der Waals surface area contributed by atoms with E-state index in [1.807, 2.05) is 0 Å². The van der Waals surface area contributed by atoms with Crippen molar-refractivity contribution in [2.24, 2.45) is 5.92 Å². The SMILES string of the molecule is COC(=O)N1CCCC1C(C)C(=O)O. The van der Waals surface area contributed by atoms with Crippen LogP contribution in [-0.4, -0.2) is 41.8 Å². The summed E-state index contributed by atoms with van der Waals surface area (Å²) in [6.07, 6.45) is 1.15. The van der Waals surface area contributed by atoms with Gasteiger partial charge < -0.3 is 14.7 Å². The topological polar surface area (TPSA) is 66.8 Å². The highest BCUT2D eigenvalue weighted by Crippen LogP contribution is 2.24. The number of amides is 1. The molecule has 0 bridgehead atoms. The molecule has 0 aromatic heterocycles. The maximum atomic E-state index is 11.3. The van der Waals surface area contributed by atoms with Gasteiger partial charge in [-0.3, -0.25) is 4.79 Å². The van der Waals surface area contributed by atoms with E-state index in [0.717, 1.165) is 12.8 Å². The largest absolute Gasteiger partial charge is 0.481 e. The van der Waals surface area contributed by atoms with Crippen molar-refractivity contribution in [1.29, 1.82) is 0 Å². The molecule has 0 saturated carbocycles. The summed E-state index contributed by atoms with van der Waals surface area (Å²) in [4.78, 5) is 23.5. The van der Waals surface area contributed by atoms with Crippen LogP contribution < -0.4 is 0 Å². The number of hydrogen-bond acceptors (Lipinski definition) is 3. The third kappa shape index (κ3) is 1.97. The molecular weight excluding hydrogens is 186 g/mol. The molecular formula is C9H15NO4. The highest BCUT2D eigenvalue weighted by Gasteiger charge is 2.36. The second-order valence-electron chi connectivity index (χ2n) is 3.50. The predicted molar refractivity (Wildman–Crippen MR) is 48.9 cm³/mol. The van der Waals surface area contributed by atoms with Crippen LogP contribution in [0.2, 0.25) is 0 Å². The number of carbonyl (C=O) groups is 2. The monoisotopic (exact) mass is 201 g/mol. The number of nitrogens with zero attached hydrogens (tertiary/aromatic N) is 1. The average Bonchev–Trinajstić information content (AvgIpc) is 2.63. The zero-order valence-electron chi connectivity index (χ0n) is 8.40. The van der Waals surface area contributed by atoms with Crippen molar-refractivity contribution >= 4 is 12.1 Å². The van der Waals surface area contributed by atoms with Crippen molar-refractivity contribution < 1.29 is 19.4 Å². The molecule has 0 aromatic rings. The molecule has 1 heterocycles. The summed E-state index contributed by atoms with van der Waals surface area (Å²) in [6.45, 7) is 2.21. The van der Waals surface area contributed by atoms with Crippen molar-refractivity contribution in [3.05, 3.63) is 0 Å². The van der Waals surface area contributed by atoms with E-state index < -0.39 is 18.0 Å². The number of carbonyl (C=O) groups excluding carboxylic acids is 1. The number of hydrogen-bond donors (Lipinski definition) is 1. The van der Waals surface area contributed by atoms with Crippen molar-refractivity contribution in [3.8, 4) is 0 Å². The number of carboxylic acids is 1. The van der Waals surface area contributed by atoms with E-state index in [1.165, 1.54) is 12.0 Å². The molecule has 0 aliphatic carbocycles. The van der Waals surface area contributed by atoms with Crippen LogP contribution in [0.15, 0.2) is 0 Å². The van der Waals surface area contributed by atoms with Gasteiger partial charge in [0.15, 0.2) is 0 Å². The Hall–Kier alpha value is -1.26. The summed E-state index contributed by atoms with van der Waals surface area (Å²) >= 11 is 0. The lowest BCUT2D eigenvalue weighted by Gasteiger charge is -2.25. The third-order valence-electron chi connectivity index (χ3n) is 2.68. The molecule has 5 heteroatoms. The number of ether oxygens (including phenoxy) is 1. The number of rotatable bonds is 2. The Kier molecular flexibility index (Phi) is 3.33. The minimum absolute atomic E-state index is 0.222. The molecule has 0 spiro atoms. The second-order valence-corrected chi connectivity index (χ2v) is 3.50. The fourth-order valence-corrected chi connectivity index (χ4v) is 1.82. The molecule has 1 N–H and O–H groups in total. The fraction of sp³-hybridized carbons (Fsp3) is 0.778. The van der Waals surface area contributed by atoms with Gasteiger partial charge in [0.05, 0.1) is 13.0 Å². The number of likely N-dealkylation sites (tertiary alicyclic amines) is 1. The number of aliphatic carboxylic acids is 1. The molecule has 1 fully saturated rings. The third-order valence-corrected chi connectivity index (χ3v) is 2.68. The van der Waals surface area contributed by atoms with E-state index in [-0.39, 0.29) is 6.04 Å². The summed E-state index contributed by atoms with van der Waals surface area (Å²) in [6, 6.07) is -0.222. The molecule has 80 valence electrons. The van der Waals surface area contributed by atoms with Crippen LogP contribution in [0, 0.1) is 5.92 Å². The van der Waals surface area contributed by atoms with Gasteiger partial charge in [0.2, 0.25) is 0 Å². The molecule has 1 aliphatic rings. The van der Waals surface area contributed by atoms with E-state index in [0.29, 0.717) is 6.54 Å². The first-order valence-corrected chi connectivity index (χ1v) is 4.65. The van der Waals surface area contributed by atoms with E-state index >= 15 is 0 Å². The van der Waals surface area contributed by atoms with Gasteiger partial charge in [-0.25, -0.2) is 4.79 Å². The maximum absolute atomic E-state index is 11.3. The molecule has 5 nitrogen and oxygen atoms in total. The molecule has 1 amide bonds. The van der Waals surface area contributed by atoms with E-state index in [2.05, 4.69) is 4.74 Å². The van der Waals surface area contributed by atoms with Crippen LogP contribution in [0.4, 0.5) is 4.79 Å². The molecule has 1 saturated heterocycles. The standard InChI is InChI=1S/C9H15NO4/c1-6(8(11)12)7-4-3-5-10(7)9(13)14-2/h6-7H,3-5H2,1-2H3,(H,11,12). The first-order chi connectivity index (χ1) is 6.57. The molecule has 14 heavy (non-hydrogen) atoms. The summed E-state index contributed by atoms with van der Waals surface area (Å²) in [5, 5.41) is 8.84. The van der Waals surface area contributed by atoms with Gasteiger partial charge in [-0.2, -0.15) is 0 Å². The van der Waals surface area contributed by atoms with Crippen LogP contribution in [-0.2, 0) is 9.53 Å². The lowest BCUT2D eigenvalue weighted by atomic mass is 10.0. The van der Waals surface area contributed by atoms with Crippen LogP contribution in [0.1, 0.15) is 19.8 Å². The fourth-order valence-electron chi connectivity index (χ4n) is 1.82. The summed E-state index contributed by atoms with van der Waals surface area (Å²) in [7, 11) is 1.31. The summed E-state index contributed by atoms with van der Waals surface area (Å²) < 4.78 is 4.59. The Morgan fingerprint density at radius 2 is 2.21 bits per heavy atom. The van der Waals surface area contributed by atoms with Gasteiger partial charge in [0.1, 0.15) is 0 Å². The Bertz CT molecular complexity index is 241. The molecule has 1 rings (SSSR count). The smallest absolute Gasteiger partial charge is 0.409 e. The van der Waals surface area contributed by atoms with Crippen LogP contribution in [0.3, 0.4) is 0 Å². The highest BCUT2D eigenvalue weighted by atomic mass is 16.5. The first kappa shape index (κ1) is 10.8. The first-order valence-electron chi connectivity index (χ1n) is 4.65. The molecule has 2 unspecified atom stereocenters. The van der Waals surface area contributed by atoms with Crippen molar-refractivity contribution in [2.75, 3.05) is 13.7 Å². The average molecular weight is 201 g/mol. The van der Waals surface area contributed by atoms with Gasteiger partial charge in [0, 0.05) is 12.6 Å². The predicted octanol–water partition coefficient (Wildman–Crippen LogP) is 0.938. The van der Waals surface area contributed by atoms with Gasteiger partial charge in [-0.05, 0) is 19.8 Å². The summed E-state index contributed by atoms with van der Waals surface area (Å²) in [5.74, 6) is -1.40. The maximum Gasteiger partial charge on any atom is 0.409 e. The normalized spacial score (nSPS) is 23.3. The Morgan fingerprint density at radius 3 is 2.71 bits per heavy atom. The second kappa shape index (κ2) is 4.30. The van der Waals surface area contributed by atoms with Crippen LogP contribution >= 0.6 is 0 Å². The Labute approximate surface area is 82.6 Å². The Balaban J connectivity index is 2.68. The highest BCUT2D eigenvalue weighted by molar-refractivity contribution is 5.73. The zero-order chi connectivity index (χ0) is 10.7. The molecule has 0 aromatic carbocycles. The lowest BCUT2D eigenvalue weighted by Crippen LogP contribution is -2.41. The quantitative estimate of drug-likeness (QED) is 0.722. The minimum Gasteiger partial charge on any atom is -0.481 e. The zero-order valence-corrected chi connectivity index (χ0v) is 8.40. The van der Waals surface area contributed by atoms with E-state index in [4.69, 9.17) is 5.11 Å². The van der Waals surface area contributed by atoms with Gasteiger partial charge in [-0.15, -0.1) is 0 Å². The van der Waals surface area contributed by atoms with Gasteiger partial charge in [0.25, 0.3) is 0 Å². The van der Waals surface area contributed by atoms with Crippen molar-refractivity contribution in [3.63, 3.8) is 0 Å². The van der Waals surface area contributed by atoms with Crippen LogP contribution in [0.5, 0.6) is 0 Å². The Morgan fingerprint density at radius 1 is 1.57 bits per heavy atom. The van der Waals surface area contributed by atoms with Crippen molar-refractivity contribution in [2.45, 2.75) is 25.8 Å². The number of methoxy groups -OCH3 is 1. The van der Waals surface area contributed by atoms with E-state index in [1.54, 1.807) is 6.92 Å². The van der Waals surface area contributed by atoms with E-state index in [9.17, 15) is 9.59 Å². The molecule has 1 aliphatic heterocycles. The van der Waals surface area contributed by atoms with Crippen LogP contribution in [0.25, 0.3) is 0 Å². The lowest BCUT2D eigenvalue weighted by molar-refractivity contribution is -0.142. The van der Waals surface area contributed by atoms with Gasteiger partial charge in [-0.1, -0.05) is 0 Å². The molecule has 2 atom stereocenters. The molecule has 0 radical (unpaired) electrons. The van der Waals surface area contributed by atoms with Crippen molar-refractivity contribution in [1.82, 2.24) is 4.90 Å². The number of carboxylic acid groups (broad SMARTS) is 1. The minimum atomic E-state index is -0.870. The van der Waals surface area contributed by atoms with Gasteiger partial charge >= 0.3 is 12.1 Å².